The summed E-state index contributed by atoms with van der Waals surface area (Å²) >= 11 is 0. The highest BCUT2D eigenvalue weighted by molar-refractivity contribution is 5.97. The number of hydrogen-bond donors (Lipinski definition) is 2. The van der Waals surface area contributed by atoms with Crippen LogP contribution in [0.15, 0.2) is 18.2 Å². The average molecular weight is 311 g/mol. The summed E-state index contributed by atoms with van der Waals surface area (Å²) in [5.41, 5.74) is -0.956. The van der Waals surface area contributed by atoms with E-state index < -0.39 is 23.1 Å². The van der Waals surface area contributed by atoms with Crippen LogP contribution in [0, 0.1) is 11.2 Å². The minimum Gasteiger partial charge on any atom is -0.490 e. The third kappa shape index (κ3) is 3.75. The Labute approximate surface area is 129 Å². The van der Waals surface area contributed by atoms with Gasteiger partial charge in [-0.3, -0.25) is 9.59 Å². The minimum atomic E-state index is -1.02. The maximum Gasteiger partial charge on any atom is 0.311 e. The van der Waals surface area contributed by atoms with Crippen molar-refractivity contribution in [2.45, 2.75) is 33.6 Å². The number of halogens is 1. The summed E-state index contributed by atoms with van der Waals surface area (Å²) in [4.78, 5) is 23.7. The number of amides is 1. The normalized spacial score (nSPS) is 11.1. The SMILES string of the molecule is CCOc1c(F)cccc1C(=O)NCC(CC)(CC)C(=O)O. The van der Waals surface area contributed by atoms with Crippen molar-refractivity contribution in [3.8, 4) is 5.75 Å². The van der Waals surface area contributed by atoms with Crippen molar-refractivity contribution in [3.05, 3.63) is 29.6 Å². The van der Waals surface area contributed by atoms with E-state index >= 15 is 0 Å². The zero-order valence-corrected chi connectivity index (χ0v) is 13.1. The molecule has 0 heterocycles. The largest absolute Gasteiger partial charge is 0.490 e. The molecule has 0 saturated heterocycles. The molecular weight excluding hydrogens is 289 g/mol. The third-order valence-corrected chi connectivity index (χ3v) is 3.89. The van der Waals surface area contributed by atoms with Crippen LogP contribution in [0.4, 0.5) is 4.39 Å². The Morgan fingerprint density at radius 3 is 2.41 bits per heavy atom. The lowest BCUT2D eigenvalue weighted by molar-refractivity contribution is -0.149. The van der Waals surface area contributed by atoms with Gasteiger partial charge in [0.25, 0.3) is 5.91 Å². The van der Waals surface area contributed by atoms with Gasteiger partial charge in [-0.15, -0.1) is 0 Å². The molecule has 0 spiro atoms. The summed E-state index contributed by atoms with van der Waals surface area (Å²) in [7, 11) is 0. The van der Waals surface area contributed by atoms with Crippen LogP contribution in [0.3, 0.4) is 0 Å². The van der Waals surface area contributed by atoms with Crippen molar-refractivity contribution in [2.75, 3.05) is 13.2 Å². The van der Waals surface area contributed by atoms with Gasteiger partial charge in [0.1, 0.15) is 0 Å². The predicted octanol–water partition coefficient (Wildman–Crippen LogP) is 2.85. The van der Waals surface area contributed by atoms with Gasteiger partial charge in [0.2, 0.25) is 0 Å². The van der Waals surface area contributed by atoms with Gasteiger partial charge in [0.15, 0.2) is 11.6 Å². The summed E-state index contributed by atoms with van der Waals surface area (Å²) < 4.78 is 18.9. The molecule has 22 heavy (non-hydrogen) atoms. The number of carboxylic acids is 1. The van der Waals surface area contributed by atoms with E-state index in [1.807, 2.05) is 0 Å². The summed E-state index contributed by atoms with van der Waals surface area (Å²) in [6.07, 6.45) is 0.779. The second-order valence-electron chi connectivity index (χ2n) is 5.02. The first kappa shape index (κ1) is 17.9. The first-order valence-electron chi connectivity index (χ1n) is 7.34. The van der Waals surface area contributed by atoms with E-state index in [0.717, 1.165) is 0 Å². The van der Waals surface area contributed by atoms with Crippen molar-refractivity contribution in [2.24, 2.45) is 5.41 Å². The van der Waals surface area contributed by atoms with Crippen LogP contribution in [-0.4, -0.2) is 30.1 Å². The molecule has 1 aromatic rings. The number of carboxylic acid groups (broad SMARTS) is 1. The Hall–Kier alpha value is -2.11. The highest BCUT2D eigenvalue weighted by Crippen LogP contribution is 2.27. The molecule has 5 nitrogen and oxygen atoms in total. The van der Waals surface area contributed by atoms with Crippen LogP contribution in [-0.2, 0) is 4.79 Å². The number of para-hydroxylation sites is 1. The second-order valence-corrected chi connectivity index (χ2v) is 5.02. The molecule has 0 atom stereocenters. The molecular formula is C16H22FNO4. The van der Waals surface area contributed by atoms with Crippen LogP contribution in [0.1, 0.15) is 44.0 Å². The first-order chi connectivity index (χ1) is 10.4. The van der Waals surface area contributed by atoms with Gasteiger partial charge in [-0.2, -0.15) is 0 Å². The molecule has 0 saturated carbocycles. The van der Waals surface area contributed by atoms with E-state index in [0.29, 0.717) is 12.8 Å². The quantitative estimate of drug-likeness (QED) is 0.774. The molecule has 0 unspecified atom stereocenters. The Morgan fingerprint density at radius 2 is 1.91 bits per heavy atom. The number of aliphatic carboxylic acids is 1. The summed E-state index contributed by atoms with van der Waals surface area (Å²) in [5.74, 6) is -2.24. The number of hydrogen-bond acceptors (Lipinski definition) is 3. The fourth-order valence-electron chi connectivity index (χ4n) is 2.20. The summed E-state index contributed by atoms with van der Waals surface area (Å²) in [5, 5.41) is 11.9. The lowest BCUT2D eigenvalue weighted by atomic mass is 9.82. The molecule has 122 valence electrons. The second kappa shape index (κ2) is 7.77. The fraction of sp³-hybridized carbons (Fsp3) is 0.500. The van der Waals surface area contributed by atoms with Gasteiger partial charge in [0, 0.05) is 6.54 Å². The number of carbonyl (C=O) groups is 2. The lowest BCUT2D eigenvalue weighted by Crippen LogP contribution is -2.42. The van der Waals surface area contributed by atoms with Crippen molar-refractivity contribution < 1.29 is 23.8 Å². The Bertz CT molecular complexity index is 541. The Kier molecular flexibility index (Phi) is 6.34. The molecule has 0 aliphatic rings. The zero-order valence-electron chi connectivity index (χ0n) is 13.1. The van der Waals surface area contributed by atoms with Crippen LogP contribution in [0.5, 0.6) is 5.75 Å². The smallest absolute Gasteiger partial charge is 0.311 e. The molecule has 0 fully saturated rings. The van der Waals surface area contributed by atoms with E-state index in [1.54, 1.807) is 20.8 Å². The molecule has 0 bridgehead atoms. The molecule has 1 amide bonds. The standard InChI is InChI=1S/C16H22FNO4/c1-4-16(5-2,15(20)21)10-18-14(19)11-8-7-9-12(17)13(11)22-6-3/h7-9H,4-6,10H2,1-3H3,(H,18,19)(H,20,21). The highest BCUT2D eigenvalue weighted by atomic mass is 19.1. The number of benzene rings is 1. The van der Waals surface area contributed by atoms with Crippen molar-refractivity contribution >= 4 is 11.9 Å². The van der Waals surface area contributed by atoms with Crippen LogP contribution in [0.25, 0.3) is 0 Å². The van der Waals surface area contributed by atoms with Crippen molar-refractivity contribution in [1.82, 2.24) is 5.32 Å². The number of nitrogens with one attached hydrogen (secondary N) is 1. The maximum atomic E-state index is 13.7. The van der Waals surface area contributed by atoms with Gasteiger partial charge in [-0.25, -0.2) is 4.39 Å². The van der Waals surface area contributed by atoms with Crippen molar-refractivity contribution in [3.63, 3.8) is 0 Å². The molecule has 0 aromatic heterocycles. The fourth-order valence-corrected chi connectivity index (χ4v) is 2.20. The number of carbonyl (C=O) groups excluding carboxylic acids is 1. The van der Waals surface area contributed by atoms with Gasteiger partial charge in [0.05, 0.1) is 17.6 Å². The van der Waals surface area contributed by atoms with E-state index in [1.165, 1.54) is 18.2 Å². The monoisotopic (exact) mass is 311 g/mol. The van der Waals surface area contributed by atoms with E-state index in [9.17, 15) is 19.1 Å². The number of rotatable bonds is 8. The third-order valence-electron chi connectivity index (χ3n) is 3.89. The van der Waals surface area contributed by atoms with E-state index in [4.69, 9.17) is 4.74 Å². The van der Waals surface area contributed by atoms with Gasteiger partial charge >= 0.3 is 5.97 Å². The number of ether oxygens (including phenoxy) is 1. The molecule has 0 aliphatic carbocycles. The predicted molar refractivity (Wildman–Crippen MR) is 80.6 cm³/mol. The molecule has 1 rings (SSSR count). The first-order valence-corrected chi connectivity index (χ1v) is 7.34. The molecule has 0 radical (unpaired) electrons. The highest BCUT2D eigenvalue weighted by Gasteiger charge is 2.35. The Balaban J connectivity index is 2.94. The van der Waals surface area contributed by atoms with Crippen LogP contribution >= 0.6 is 0 Å². The van der Waals surface area contributed by atoms with Gasteiger partial charge in [-0.05, 0) is 31.9 Å². The molecule has 0 aliphatic heterocycles. The average Bonchev–Trinajstić information content (AvgIpc) is 2.50. The van der Waals surface area contributed by atoms with Gasteiger partial charge < -0.3 is 15.2 Å². The van der Waals surface area contributed by atoms with Crippen LogP contribution in [0.2, 0.25) is 0 Å². The van der Waals surface area contributed by atoms with E-state index in [2.05, 4.69) is 5.32 Å². The summed E-state index contributed by atoms with van der Waals surface area (Å²) in [6.45, 7) is 5.42. The molecule has 1 aromatic carbocycles. The minimum absolute atomic E-state index is 0.0176. The van der Waals surface area contributed by atoms with Crippen LogP contribution < -0.4 is 10.1 Å². The topological polar surface area (TPSA) is 75.6 Å². The zero-order chi connectivity index (χ0) is 16.8. The maximum absolute atomic E-state index is 13.7. The lowest BCUT2D eigenvalue weighted by Gasteiger charge is -2.27. The van der Waals surface area contributed by atoms with Gasteiger partial charge in [-0.1, -0.05) is 19.9 Å². The molecule has 6 heteroatoms. The Morgan fingerprint density at radius 1 is 1.27 bits per heavy atom. The molecule has 2 N–H and O–H groups in total. The van der Waals surface area contributed by atoms with E-state index in [-0.39, 0.29) is 24.5 Å². The van der Waals surface area contributed by atoms with Crippen molar-refractivity contribution in [1.29, 1.82) is 0 Å². The summed E-state index contributed by atoms with van der Waals surface area (Å²) in [6, 6.07) is 4.07.